The lowest BCUT2D eigenvalue weighted by Crippen LogP contribution is -2.07. The van der Waals surface area contributed by atoms with Crippen molar-refractivity contribution in [3.05, 3.63) is 67.1 Å². The maximum absolute atomic E-state index is 11.6. The molecule has 8 nitrogen and oxygen atoms in total. The van der Waals surface area contributed by atoms with Crippen molar-refractivity contribution < 1.29 is 4.79 Å². The van der Waals surface area contributed by atoms with Gasteiger partial charge in [0.1, 0.15) is 11.6 Å². The number of fused-ring (bicyclic) bond motifs is 1. The Morgan fingerprint density at radius 2 is 2.07 bits per heavy atom. The summed E-state index contributed by atoms with van der Waals surface area (Å²) in [7, 11) is 1.84. The Balaban J connectivity index is 1.71. The number of amides is 1. The number of aryl methyl sites for hydroxylation is 2. The number of aromatic nitrogens is 5. The fourth-order valence-electron chi connectivity index (χ4n) is 3.01. The predicted molar refractivity (Wildman–Crippen MR) is 109 cm³/mol. The van der Waals surface area contributed by atoms with Crippen LogP contribution in [0.25, 0.3) is 16.7 Å². The lowest BCUT2D eigenvalue weighted by molar-refractivity contribution is -0.111. The molecule has 0 aliphatic carbocycles. The zero-order valence-corrected chi connectivity index (χ0v) is 15.5. The lowest BCUT2D eigenvalue weighted by atomic mass is 10.2. The van der Waals surface area contributed by atoms with Gasteiger partial charge in [-0.1, -0.05) is 6.58 Å². The Labute approximate surface area is 161 Å². The summed E-state index contributed by atoms with van der Waals surface area (Å²) >= 11 is 0. The molecule has 140 valence electrons. The van der Waals surface area contributed by atoms with Crippen LogP contribution < -0.4 is 10.6 Å². The quantitative estimate of drug-likeness (QED) is 0.524. The maximum atomic E-state index is 11.6. The maximum Gasteiger partial charge on any atom is 0.247 e. The predicted octanol–water partition coefficient (Wildman–Crippen LogP) is 3.33. The van der Waals surface area contributed by atoms with E-state index in [2.05, 4.69) is 32.3 Å². The summed E-state index contributed by atoms with van der Waals surface area (Å²) < 4.78 is 3.71. The molecule has 0 atom stereocenters. The molecule has 1 aromatic carbocycles. The van der Waals surface area contributed by atoms with Gasteiger partial charge in [-0.05, 0) is 42.8 Å². The summed E-state index contributed by atoms with van der Waals surface area (Å²) in [6, 6.07) is 9.45. The van der Waals surface area contributed by atoms with Gasteiger partial charge in [0, 0.05) is 36.6 Å². The Bertz CT molecular complexity index is 1190. The summed E-state index contributed by atoms with van der Waals surface area (Å²) in [5, 5.41) is 11.1. The third-order valence-corrected chi connectivity index (χ3v) is 4.41. The molecule has 2 N–H and O–H groups in total. The van der Waals surface area contributed by atoms with E-state index in [4.69, 9.17) is 0 Å². The average Bonchev–Trinajstić information content (AvgIpc) is 3.25. The van der Waals surface area contributed by atoms with Crippen molar-refractivity contribution in [2.24, 2.45) is 7.05 Å². The van der Waals surface area contributed by atoms with Crippen LogP contribution in [-0.4, -0.2) is 30.2 Å². The minimum absolute atomic E-state index is 0.238. The van der Waals surface area contributed by atoms with Crippen LogP contribution in [0.1, 0.15) is 5.56 Å². The van der Waals surface area contributed by atoms with Gasteiger partial charge in [0.25, 0.3) is 0 Å². The molecule has 0 unspecified atom stereocenters. The molecule has 0 radical (unpaired) electrons. The molecule has 0 aliphatic rings. The van der Waals surface area contributed by atoms with Crippen molar-refractivity contribution in [3.63, 3.8) is 0 Å². The second-order valence-corrected chi connectivity index (χ2v) is 6.31. The number of anilines is 3. The third-order valence-electron chi connectivity index (χ3n) is 4.41. The van der Waals surface area contributed by atoms with E-state index >= 15 is 0 Å². The molecule has 1 amide bonds. The monoisotopic (exact) mass is 373 g/mol. The van der Waals surface area contributed by atoms with Crippen LogP contribution in [0.4, 0.5) is 17.5 Å². The van der Waals surface area contributed by atoms with E-state index < -0.39 is 0 Å². The Morgan fingerprint density at radius 3 is 2.82 bits per heavy atom. The molecule has 0 saturated carbocycles. The van der Waals surface area contributed by atoms with Crippen molar-refractivity contribution >= 4 is 34.3 Å². The van der Waals surface area contributed by atoms with Crippen molar-refractivity contribution in [1.82, 2.24) is 24.3 Å². The fourth-order valence-corrected chi connectivity index (χ4v) is 3.01. The minimum atomic E-state index is -0.238. The number of rotatable bonds is 5. The Morgan fingerprint density at radius 1 is 1.21 bits per heavy atom. The van der Waals surface area contributed by atoms with Gasteiger partial charge in [0.2, 0.25) is 11.9 Å². The number of nitrogens with one attached hydrogen (secondary N) is 2. The first kappa shape index (κ1) is 17.5. The van der Waals surface area contributed by atoms with Crippen LogP contribution >= 0.6 is 0 Å². The van der Waals surface area contributed by atoms with E-state index in [1.165, 1.54) is 6.08 Å². The highest BCUT2D eigenvalue weighted by atomic mass is 16.1. The molecule has 0 bridgehead atoms. The summed E-state index contributed by atoms with van der Waals surface area (Å²) in [4.78, 5) is 20.5. The SMILES string of the molecule is C=CC(=O)Nc1ccc2c(c1)c(C)cn2-c1ccnc(Nc2ccnn2C)n1. The Hall–Kier alpha value is -3.94. The minimum Gasteiger partial charge on any atom is -0.323 e. The molecule has 28 heavy (non-hydrogen) atoms. The highest BCUT2D eigenvalue weighted by Gasteiger charge is 2.11. The van der Waals surface area contributed by atoms with Gasteiger partial charge in [0.05, 0.1) is 11.7 Å². The van der Waals surface area contributed by atoms with Gasteiger partial charge in [-0.3, -0.25) is 9.48 Å². The van der Waals surface area contributed by atoms with Crippen LogP contribution in [0, 0.1) is 6.92 Å². The van der Waals surface area contributed by atoms with Gasteiger partial charge in [-0.25, -0.2) is 4.98 Å². The molecule has 4 aromatic rings. The van der Waals surface area contributed by atoms with E-state index in [9.17, 15) is 4.79 Å². The summed E-state index contributed by atoms with van der Waals surface area (Å²) in [5.41, 5.74) is 2.78. The molecule has 0 aliphatic heterocycles. The van der Waals surface area contributed by atoms with Crippen molar-refractivity contribution in [3.8, 4) is 5.82 Å². The van der Waals surface area contributed by atoms with Crippen LogP contribution in [0.3, 0.4) is 0 Å². The van der Waals surface area contributed by atoms with Gasteiger partial charge in [0.15, 0.2) is 0 Å². The lowest BCUT2D eigenvalue weighted by Gasteiger charge is -2.09. The number of hydrogen-bond donors (Lipinski definition) is 2. The highest BCUT2D eigenvalue weighted by molar-refractivity contribution is 6.00. The number of carbonyl (C=O) groups is 1. The topological polar surface area (TPSA) is 89.7 Å². The molecule has 3 heterocycles. The van der Waals surface area contributed by atoms with E-state index in [0.717, 1.165) is 33.8 Å². The molecule has 3 aromatic heterocycles. The first-order valence-electron chi connectivity index (χ1n) is 8.69. The molecule has 0 saturated heterocycles. The van der Waals surface area contributed by atoms with Crippen LogP contribution in [-0.2, 0) is 11.8 Å². The van der Waals surface area contributed by atoms with Crippen LogP contribution in [0.5, 0.6) is 0 Å². The zero-order chi connectivity index (χ0) is 19.7. The number of nitrogens with zero attached hydrogens (tertiary/aromatic N) is 5. The van der Waals surface area contributed by atoms with E-state index in [1.54, 1.807) is 17.1 Å². The molecule has 0 fully saturated rings. The van der Waals surface area contributed by atoms with Gasteiger partial charge in [-0.15, -0.1) is 0 Å². The molecular formula is C20H19N7O. The third kappa shape index (κ3) is 3.23. The fraction of sp³-hybridized carbons (Fsp3) is 0.100. The highest BCUT2D eigenvalue weighted by Crippen LogP contribution is 2.27. The van der Waals surface area contributed by atoms with E-state index in [-0.39, 0.29) is 5.91 Å². The first-order chi connectivity index (χ1) is 13.5. The average molecular weight is 373 g/mol. The summed E-state index contributed by atoms with van der Waals surface area (Å²) in [6.45, 7) is 5.50. The second kappa shape index (κ2) is 6.99. The Kier molecular flexibility index (Phi) is 4.36. The largest absolute Gasteiger partial charge is 0.323 e. The number of carbonyl (C=O) groups excluding carboxylic acids is 1. The van der Waals surface area contributed by atoms with Crippen molar-refractivity contribution in [2.45, 2.75) is 6.92 Å². The van der Waals surface area contributed by atoms with Gasteiger partial charge >= 0.3 is 0 Å². The van der Waals surface area contributed by atoms with Gasteiger partial charge < -0.3 is 15.2 Å². The standard InChI is InChI=1S/C20H19N7O/c1-4-19(28)23-14-5-6-16-15(11-14)13(2)12-27(16)18-7-9-21-20(25-18)24-17-8-10-22-26(17)3/h4-12H,1H2,2-3H3,(H,23,28)(H,21,24,25). The zero-order valence-electron chi connectivity index (χ0n) is 15.5. The smallest absolute Gasteiger partial charge is 0.247 e. The number of hydrogen-bond acceptors (Lipinski definition) is 5. The molecular weight excluding hydrogens is 354 g/mol. The van der Waals surface area contributed by atoms with Crippen LogP contribution in [0.15, 0.2) is 61.6 Å². The van der Waals surface area contributed by atoms with Gasteiger partial charge in [-0.2, -0.15) is 10.1 Å². The van der Waals surface area contributed by atoms with Crippen molar-refractivity contribution in [1.29, 1.82) is 0 Å². The summed E-state index contributed by atoms with van der Waals surface area (Å²) in [5.74, 6) is 1.78. The molecule has 8 heteroatoms. The first-order valence-corrected chi connectivity index (χ1v) is 8.69. The second-order valence-electron chi connectivity index (χ2n) is 6.31. The number of benzene rings is 1. The normalized spacial score (nSPS) is 10.8. The van der Waals surface area contributed by atoms with Crippen molar-refractivity contribution in [2.75, 3.05) is 10.6 Å². The molecule has 4 rings (SSSR count). The summed E-state index contributed by atoms with van der Waals surface area (Å²) in [6.07, 6.45) is 6.68. The molecule has 0 spiro atoms. The van der Waals surface area contributed by atoms with Crippen LogP contribution in [0.2, 0.25) is 0 Å². The van der Waals surface area contributed by atoms with E-state index in [0.29, 0.717) is 5.95 Å². The van der Waals surface area contributed by atoms with E-state index in [1.807, 2.05) is 55.1 Å².